The highest BCUT2D eigenvalue weighted by Gasteiger charge is 2.29. The van der Waals surface area contributed by atoms with Gasteiger partial charge in [-0.1, -0.05) is 23.7 Å². The fourth-order valence-corrected chi connectivity index (χ4v) is 5.20. The maximum absolute atomic E-state index is 13.8. The number of carbonyl (C=O) groups excluding carboxylic acids is 2. The topological polar surface area (TPSA) is 80.3 Å². The number of thiazole rings is 1. The van der Waals surface area contributed by atoms with Gasteiger partial charge in [0.05, 0.1) is 28.6 Å². The van der Waals surface area contributed by atoms with Crippen LogP contribution in [0.15, 0.2) is 48.7 Å². The van der Waals surface area contributed by atoms with E-state index in [9.17, 15) is 14.0 Å². The number of anilines is 2. The van der Waals surface area contributed by atoms with Crippen molar-refractivity contribution in [3.05, 3.63) is 64.5 Å². The van der Waals surface area contributed by atoms with Crippen molar-refractivity contribution in [3.8, 4) is 10.4 Å². The average molecular weight is 488 g/mol. The van der Waals surface area contributed by atoms with Gasteiger partial charge in [-0.2, -0.15) is 0 Å². The van der Waals surface area contributed by atoms with Crippen LogP contribution in [0.4, 0.5) is 20.6 Å². The number of carbonyl (C=O) groups is 2. The van der Waals surface area contributed by atoms with E-state index in [4.69, 9.17) is 16.3 Å². The van der Waals surface area contributed by atoms with Gasteiger partial charge in [0.1, 0.15) is 5.82 Å². The van der Waals surface area contributed by atoms with E-state index >= 15 is 0 Å². The van der Waals surface area contributed by atoms with E-state index in [0.717, 1.165) is 47.2 Å². The monoisotopic (exact) mass is 487 g/mol. The van der Waals surface area contributed by atoms with Crippen molar-refractivity contribution in [2.45, 2.75) is 31.6 Å². The summed E-state index contributed by atoms with van der Waals surface area (Å²) in [6.07, 6.45) is 5.38. The van der Waals surface area contributed by atoms with Crippen LogP contribution in [0.1, 0.15) is 36.6 Å². The Morgan fingerprint density at radius 2 is 1.82 bits per heavy atom. The number of halogens is 2. The summed E-state index contributed by atoms with van der Waals surface area (Å²) in [5, 5.41) is 6.49. The van der Waals surface area contributed by atoms with E-state index in [2.05, 4.69) is 15.6 Å². The molecule has 0 aliphatic heterocycles. The number of hydrogen-bond donors (Lipinski definition) is 2. The summed E-state index contributed by atoms with van der Waals surface area (Å²) in [5.74, 6) is -0.358. The second-order valence-corrected chi connectivity index (χ2v) is 9.41. The van der Waals surface area contributed by atoms with Crippen molar-refractivity contribution in [2.24, 2.45) is 5.92 Å². The lowest BCUT2D eigenvalue weighted by molar-refractivity contribution is -0.146. The molecular formula is C24H23ClFN3O3S. The Hall–Kier alpha value is -2.97. The van der Waals surface area contributed by atoms with E-state index < -0.39 is 11.8 Å². The third kappa shape index (κ3) is 5.69. The van der Waals surface area contributed by atoms with Gasteiger partial charge in [0.15, 0.2) is 0 Å². The van der Waals surface area contributed by atoms with E-state index in [1.54, 1.807) is 23.5 Å². The first-order valence-corrected chi connectivity index (χ1v) is 11.8. The highest BCUT2D eigenvalue weighted by atomic mass is 35.5. The van der Waals surface area contributed by atoms with Gasteiger partial charge < -0.3 is 15.4 Å². The van der Waals surface area contributed by atoms with Crippen LogP contribution in [0.5, 0.6) is 0 Å². The van der Waals surface area contributed by atoms with Crippen LogP contribution in [-0.4, -0.2) is 24.1 Å². The van der Waals surface area contributed by atoms with Crippen molar-refractivity contribution in [1.29, 1.82) is 0 Å². The lowest BCUT2D eigenvalue weighted by Crippen LogP contribution is -2.22. The summed E-state index contributed by atoms with van der Waals surface area (Å²) in [6.45, 7) is 0. The molecule has 1 saturated carbocycles. The normalized spacial score (nSPS) is 17.9. The molecule has 172 valence electrons. The summed E-state index contributed by atoms with van der Waals surface area (Å²) >= 11 is 7.38. The Labute approximate surface area is 200 Å². The predicted molar refractivity (Wildman–Crippen MR) is 128 cm³/mol. The molecule has 1 fully saturated rings. The Bertz CT molecular complexity index is 1140. The van der Waals surface area contributed by atoms with Crippen molar-refractivity contribution in [3.63, 3.8) is 0 Å². The zero-order valence-corrected chi connectivity index (χ0v) is 19.5. The lowest BCUT2D eigenvalue weighted by atomic mass is 9.82. The standard InChI is InChI=1S/C24H23ClFN3O3S/c1-32-23(30)16-4-2-15(3-5-16)22-27-13-21(33-22)14-6-9-18(10-7-14)28-24(31)29-20-11-8-17(25)12-19(20)26/h6-13,15-16H,2-5H2,1H3,(H2,28,29,31). The van der Waals surface area contributed by atoms with Gasteiger partial charge in [-0.15, -0.1) is 11.3 Å². The maximum atomic E-state index is 13.8. The third-order valence-electron chi connectivity index (χ3n) is 5.74. The van der Waals surface area contributed by atoms with Crippen LogP contribution in [0, 0.1) is 11.7 Å². The summed E-state index contributed by atoms with van der Waals surface area (Å²) in [4.78, 5) is 29.6. The SMILES string of the molecule is COC(=O)C1CCC(c2ncc(-c3ccc(NC(=O)Nc4ccc(Cl)cc4F)cc3)s2)CC1. The van der Waals surface area contributed by atoms with Gasteiger partial charge >= 0.3 is 12.0 Å². The van der Waals surface area contributed by atoms with Gasteiger partial charge in [0.25, 0.3) is 0 Å². The number of amides is 2. The van der Waals surface area contributed by atoms with Gasteiger partial charge in [0.2, 0.25) is 0 Å². The minimum atomic E-state index is -0.604. The summed E-state index contributed by atoms with van der Waals surface area (Å²) in [5.41, 5.74) is 1.62. The molecule has 0 atom stereocenters. The number of rotatable bonds is 5. The molecule has 0 saturated heterocycles. The Morgan fingerprint density at radius 3 is 2.48 bits per heavy atom. The van der Waals surface area contributed by atoms with Crippen LogP contribution in [0.3, 0.4) is 0 Å². The Morgan fingerprint density at radius 1 is 1.09 bits per heavy atom. The van der Waals surface area contributed by atoms with E-state index in [1.165, 1.54) is 19.2 Å². The highest BCUT2D eigenvalue weighted by molar-refractivity contribution is 7.15. The van der Waals surface area contributed by atoms with Crippen LogP contribution in [0.25, 0.3) is 10.4 Å². The molecule has 3 aromatic rings. The smallest absolute Gasteiger partial charge is 0.323 e. The molecule has 2 amide bonds. The van der Waals surface area contributed by atoms with Crippen LogP contribution in [-0.2, 0) is 9.53 Å². The zero-order chi connectivity index (χ0) is 23.4. The third-order valence-corrected chi connectivity index (χ3v) is 7.19. The number of aromatic nitrogens is 1. The Kier molecular flexibility index (Phi) is 7.25. The summed E-state index contributed by atoms with van der Waals surface area (Å²) in [7, 11) is 1.44. The number of nitrogens with zero attached hydrogens (tertiary/aromatic N) is 1. The highest BCUT2D eigenvalue weighted by Crippen LogP contribution is 2.39. The van der Waals surface area contributed by atoms with Crippen molar-refractivity contribution < 1.29 is 18.7 Å². The molecule has 0 unspecified atom stereocenters. The predicted octanol–water partition coefficient (Wildman–Crippen LogP) is 6.69. The van der Waals surface area contributed by atoms with Crippen LogP contribution < -0.4 is 10.6 Å². The minimum Gasteiger partial charge on any atom is -0.469 e. The van der Waals surface area contributed by atoms with Gasteiger partial charge in [-0.3, -0.25) is 4.79 Å². The maximum Gasteiger partial charge on any atom is 0.323 e. The first-order valence-electron chi connectivity index (χ1n) is 10.6. The molecule has 4 rings (SSSR count). The molecule has 1 aliphatic rings. The number of methoxy groups -OCH3 is 1. The van der Waals surface area contributed by atoms with Crippen molar-refractivity contribution >= 4 is 46.3 Å². The number of nitrogens with one attached hydrogen (secondary N) is 2. The van der Waals surface area contributed by atoms with Crippen LogP contribution in [0.2, 0.25) is 5.02 Å². The van der Waals surface area contributed by atoms with Gasteiger partial charge in [0, 0.05) is 22.8 Å². The Balaban J connectivity index is 1.34. The van der Waals surface area contributed by atoms with Crippen molar-refractivity contribution in [1.82, 2.24) is 4.98 Å². The van der Waals surface area contributed by atoms with Crippen molar-refractivity contribution in [2.75, 3.05) is 17.7 Å². The first kappa shape index (κ1) is 23.2. The summed E-state index contributed by atoms with van der Waals surface area (Å²) in [6, 6.07) is 10.9. The molecular weight excluding hydrogens is 465 g/mol. The molecule has 33 heavy (non-hydrogen) atoms. The van der Waals surface area contributed by atoms with E-state index in [1.807, 2.05) is 18.3 Å². The zero-order valence-electron chi connectivity index (χ0n) is 17.9. The molecule has 1 aromatic heterocycles. The second kappa shape index (κ2) is 10.3. The first-order chi connectivity index (χ1) is 15.9. The average Bonchev–Trinajstić information content (AvgIpc) is 3.31. The number of urea groups is 1. The molecule has 6 nitrogen and oxygen atoms in total. The van der Waals surface area contributed by atoms with E-state index in [0.29, 0.717) is 11.6 Å². The molecule has 1 heterocycles. The molecule has 1 aliphatic carbocycles. The quantitative estimate of drug-likeness (QED) is 0.393. The molecule has 2 aromatic carbocycles. The summed E-state index contributed by atoms with van der Waals surface area (Å²) < 4.78 is 18.7. The molecule has 0 bridgehead atoms. The van der Waals surface area contributed by atoms with Crippen LogP contribution >= 0.6 is 22.9 Å². The second-order valence-electron chi connectivity index (χ2n) is 7.92. The molecule has 0 radical (unpaired) electrons. The van der Waals surface area contributed by atoms with E-state index in [-0.39, 0.29) is 22.6 Å². The fourth-order valence-electron chi connectivity index (χ4n) is 3.95. The molecule has 0 spiro atoms. The largest absolute Gasteiger partial charge is 0.469 e. The minimum absolute atomic E-state index is 0.000823. The molecule has 9 heteroatoms. The molecule has 2 N–H and O–H groups in total. The fraction of sp³-hybridized carbons (Fsp3) is 0.292. The lowest BCUT2D eigenvalue weighted by Gasteiger charge is -2.25. The number of ether oxygens (including phenoxy) is 1. The van der Waals surface area contributed by atoms with Gasteiger partial charge in [-0.25, -0.2) is 14.2 Å². The van der Waals surface area contributed by atoms with Gasteiger partial charge in [-0.05, 0) is 61.6 Å². The number of benzene rings is 2. The number of hydrogen-bond acceptors (Lipinski definition) is 5. The number of esters is 1.